The van der Waals surface area contributed by atoms with Crippen molar-refractivity contribution in [1.82, 2.24) is 4.98 Å². The van der Waals surface area contributed by atoms with Crippen LogP contribution in [-0.2, 0) is 20.7 Å². The maximum Gasteiger partial charge on any atom is 0.338 e. The lowest BCUT2D eigenvalue weighted by molar-refractivity contribution is -0.139. The first kappa shape index (κ1) is 21.0. The Morgan fingerprint density at radius 3 is 2.76 bits per heavy atom. The van der Waals surface area contributed by atoms with Gasteiger partial charge in [0.25, 0.3) is 0 Å². The summed E-state index contributed by atoms with van der Waals surface area (Å²) in [5, 5.41) is 10.7. The molecule has 0 bridgehead atoms. The van der Waals surface area contributed by atoms with E-state index >= 15 is 0 Å². The third kappa shape index (κ3) is 3.89. The van der Waals surface area contributed by atoms with Gasteiger partial charge in [-0.25, -0.2) is 9.78 Å². The summed E-state index contributed by atoms with van der Waals surface area (Å²) in [6, 6.07) is 9.71. The lowest BCUT2D eigenvalue weighted by atomic mass is 9.83. The minimum atomic E-state index is -0.892. The predicted octanol–water partition coefficient (Wildman–Crippen LogP) is 4.31. The predicted molar refractivity (Wildman–Crippen MR) is 111 cm³/mol. The number of alkyl halides is 1. The van der Waals surface area contributed by atoms with Crippen LogP contribution in [-0.4, -0.2) is 23.4 Å². The minimum absolute atomic E-state index is 0.0524. The summed E-state index contributed by atoms with van der Waals surface area (Å²) in [6.07, 6.45) is 0.853. The number of ether oxygens (including phenoxy) is 2. The molecule has 0 spiro atoms. The van der Waals surface area contributed by atoms with Gasteiger partial charge in [0, 0.05) is 10.9 Å². The molecule has 1 aliphatic heterocycles. The molecule has 0 saturated carbocycles. The van der Waals surface area contributed by atoms with Crippen LogP contribution in [0.15, 0.2) is 47.1 Å². The number of aromatic nitrogens is 1. The molecule has 1 aromatic heterocycles. The summed E-state index contributed by atoms with van der Waals surface area (Å²) in [6.45, 7) is 3.88. The van der Waals surface area contributed by atoms with E-state index in [-0.39, 0.29) is 40.4 Å². The highest BCUT2D eigenvalue weighted by Crippen LogP contribution is 2.42. The molecule has 150 valence electrons. The zero-order valence-electron chi connectivity index (χ0n) is 16.0. The van der Waals surface area contributed by atoms with Crippen molar-refractivity contribution in [2.45, 2.75) is 26.2 Å². The minimum Gasteiger partial charge on any atom is -0.463 e. The average Bonchev–Trinajstić information content (AvgIpc) is 2.72. The Morgan fingerprint density at radius 2 is 2.14 bits per heavy atom. The molecule has 0 saturated heterocycles. The number of halogens is 2. The Labute approximate surface area is 178 Å². The molecular formula is C21H19Cl2N3O3. The van der Waals surface area contributed by atoms with Crippen LogP contribution in [0, 0.1) is 11.3 Å². The number of hydrogen-bond acceptors (Lipinski definition) is 6. The van der Waals surface area contributed by atoms with Crippen molar-refractivity contribution in [3.05, 3.63) is 63.3 Å². The molecule has 1 aromatic carbocycles. The van der Waals surface area contributed by atoms with Crippen molar-refractivity contribution >= 4 is 40.1 Å². The highest BCUT2D eigenvalue weighted by Gasteiger charge is 2.38. The first-order valence-corrected chi connectivity index (χ1v) is 9.99. The zero-order valence-corrected chi connectivity index (χ0v) is 17.5. The van der Waals surface area contributed by atoms with Gasteiger partial charge in [-0.2, -0.15) is 5.26 Å². The average molecular weight is 432 g/mol. The van der Waals surface area contributed by atoms with Crippen LogP contribution in [0.3, 0.4) is 0 Å². The van der Waals surface area contributed by atoms with Crippen LogP contribution in [0.4, 0.5) is 0 Å². The lowest BCUT2D eigenvalue weighted by Gasteiger charge is -2.27. The summed E-state index contributed by atoms with van der Waals surface area (Å²) >= 11 is 12.5. The van der Waals surface area contributed by atoms with Gasteiger partial charge in [-0.15, -0.1) is 11.6 Å². The second-order valence-corrected chi connectivity index (χ2v) is 6.99. The van der Waals surface area contributed by atoms with E-state index in [0.29, 0.717) is 11.1 Å². The van der Waals surface area contributed by atoms with Crippen LogP contribution < -0.4 is 5.73 Å². The smallest absolute Gasteiger partial charge is 0.338 e. The van der Waals surface area contributed by atoms with Crippen LogP contribution in [0.5, 0.6) is 0 Å². The number of benzene rings is 1. The largest absolute Gasteiger partial charge is 0.463 e. The molecule has 0 amide bonds. The van der Waals surface area contributed by atoms with Gasteiger partial charge in [-0.3, -0.25) is 0 Å². The topological polar surface area (TPSA) is 98.2 Å². The Kier molecular flexibility index (Phi) is 6.31. The van der Waals surface area contributed by atoms with E-state index in [1.807, 2.05) is 30.3 Å². The number of hydrogen-bond donors (Lipinski definition) is 1. The zero-order chi connectivity index (χ0) is 21.1. The van der Waals surface area contributed by atoms with Gasteiger partial charge in [-0.05, 0) is 37.1 Å². The van der Waals surface area contributed by atoms with Crippen molar-refractivity contribution in [2.75, 3.05) is 12.5 Å². The molecule has 0 unspecified atom stereocenters. The highest BCUT2D eigenvalue weighted by atomic mass is 35.5. The van der Waals surface area contributed by atoms with E-state index in [1.165, 1.54) is 0 Å². The maximum atomic E-state index is 12.7. The van der Waals surface area contributed by atoms with E-state index in [9.17, 15) is 10.1 Å². The molecular weight excluding hydrogens is 413 g/mol. The molecule has 0 aliphatic carbocycles. The molecule has 3 rings (SSSR count). The Balaban J connectivity index is 2.29. The van der Waals surface area contributed by atoms with Gasteiger partial charge in [-0.1, -0.05) is 24.6 Å². The fourth-order valence-electron chi connectivity index (χ4n) is 3.30. The summed E-state index contributed by atoms with van der Waals surface area (Å²) in [4.78, 5) is 17.2. The third-order valence-corrected chi connectivity index (χ3v) is 5.24. The highest BCUT2D eigenvalue weighted by molar-refractivity contribution is 6.31. The molecule has 2 heterocycles. The number of fused-ring (bicyclic) bond motifs is 1. The van der Waals surface area contributed by atoms with Crippen molar-refractivity contribution in [2.24, 2.45) is 5.73 Å². The fourth-order valence-corrected chi connectivity index (χ4v) is 3.76. The van der Waals surface area contributed by atoms with Gasteiger partial charge in [0.15, 0.2) is 0 Å². The lowest BCUT2D eigenvalue weighted by Crippen LogP contribution is -2.27. The Bertz CT molecular complexity index is 1090. The van der Waals surface area contributed by atoms with Crippen molar-refractivity contribution in [3.63, 3.8) is 0 Å². The van der Waals surface area contributed by atoms with Crippen molar-refractivity contribution in [1.29, 1.82) is 5.26 Å². The molecule has 8 heteroatoms. The first-order chi connectivity index (χ1) is 13.9. The molecule has 6 nitrogen and oxygen atoms in total. The fraction of sp³-hybridized carbons (Fsp3) is 0.286. The van der Waals surface area contributed by atoms with Crippen LogP contribution in [0.1, 0.15) is 30.9 Å². The molecule has 2 aromatic rings. The molecule has 0 radical (unpaired) electrons. The summed E-state index contributed by atoms with van der Waals surface area (Å²) in [5.41, 5.74) is 8.39. The number of nitrogens with zero attached hydrogens (tertiary/aromatic N) is 2. The van der Waals surface area contributed by atoms with Gasteiger partial charge in [0.05, 0.1) is 29.5 Å². The third-order valence-electron chi connectivity index (χ3n) is 4.69. The number of aryl methyl sites for hydroxylation is 1. The quantitative estimate of drug-likeness (QED) is 0.430. The molecule has 0 fully saturated rings. The van der Waals surface area contributed by atoms with Crippen LogP contribution >= 0.6 is 23.2 Å². The SMILES string of the molecule is CCOC(=O)C1=C(CCl)OC(N)=C(C#N)[C@H]1c1cc2cc(CC)ccc2nc1Cl. The number of allylic oxidation sites excluding steroid dienone is 2. The summed E-state index contributed by atoms with van der Waals surface area (Å²) in [7, 11) is 0. The number of pyridine rings is 1. The molecule has 2 N–H and O–H groups in total. The molecule has 29 heavy (non-hydrogen) atoms. The monoisotopic (exact) mass is 431 g/mol. The second kappa shape index (κ2) is 8.73. The number of carbonyl (C=O) groups excluding carboxylic acids is 1. The van der Waals surface area contributed by atoms with E-state index in [4.69, 9.17) is 38.4 Å². The summed E-state index contributed by atoms with van der Waals surface area (Å²) < 4.78 is 10.6. The van der Waals surface area contributed by atoms with E-state index in [2.05, 4.69) is 11.9 Å². The van der Waals surface area contributed by atoms with Gasteiger partial charge in [0.2, 0.25) is 5.88 Å². The van der Waals surface area contributed by atoms with Gasteiger partial charge < -0.3 is 15.2 Å². The first-order valence-electron chi connectivity index (χ1n) is 9.07. The normalized spacial score (nSPS) is 16.6. The number of nitrogens with two attached hydrogens (primary N) is 1. The Hall–Kier alpha value is -2.75. The molecule has 1 atom stereocenters. The van der Waals surface area contributed by atoms with Gasteiger partial charge >= 0.3 is 5.97 Å². The van der Waals surface area contributed by atoms with E-state index in [1.54, 1.807) is 6.92 Å². The van der Waals surface area contributed by atoms with Crippen molar-refractivity contribution < 1.29 is 14.3 Å². The Morgan fingerprint density at radius 1 is 1.38 bits per heavy atom. The van der Waals surface area contributed by atoms with Crippen molar-refractivity contribution in [3.8, 4) is 6.07 Å². The van der Waals surface area contributed by atoms with Gasteiger partial charge in [0.1, 0.15) is 22.6 Å². The number of nitriles is 1. The van der Waals surface area contributed by atoms with E-state index in [0.717, 1.165) is 17.4 Å². The maximum absolute atomic E-state index is 12.7. The molecule has 1 aliphatic rings. The number of rotatable bonds is 5. The number of carbonyl (C=O) groups is 1. The number of esters is 1. The van der Waals surface area contributed by atoms with Crippen LogP contribution in [0.2, 0.25) is 5.15 Å². The standard InChI is InChI=1S/C21H19Cl2N3O3/c1-3-11-5-6-15-12(7-11)8-13(19(23)26-15)17-14(10-24)20(25)29-16(9-22)18(17)21(27)28-4-2/h5-8,17H,3-4,9,25H2,1-2H3/t17-/m1/s1. The summed E-state index contributed by atoms with van der Waals surface area (Å²) in [5.74, 6) is -1.66. The van der Waals surface area contributed by atoms with Crippen LogP contribution in [0.25, 0.3) is 10.9 Å². The second-order valence-electron chi connectivity index (χ2n) is 6.36. The van der Waals surface area contributed by atoms with E-state index < -0.39 is 11.9 Å².